The number of benzene rings is 2. The predicted molar refractivity (Wildman–Crippen MR) is 112 cm³/mol. The van der Waals surface area contributed by atoms with Crippen LogP contribution in [0.25, 0.3) is 0 Å². The van der Waals surface area contributed by atoms with Crippen LogP contribution >= 0.6 is 0 Å². The molecule has 0 saturated heterocycles. The Kier molecular flexibility index (Phi) is 3.99. The molecule has 0 bridgehead atoms. The van der Waals surface area contributed by atoms with Crippen molar-refractivity contribution in [2.24, 2.45) is 0 Å². The van der Waals surface area contributed by atoms with Crippen molar-refractivity contribution in [3.05, 3.63) is 70.9 Å². The zero-order valence-corrected chi connectivity index (χ0v) is 16.9. The van der Waals surface area contributed by atoms with Crippen LogP contribution in [0.5, 0.6) is 11.6 Å². The maximum Gasteiger partial charge on any atom is 0.244 e. The quantitative estimate of drug-likeness (QED) is 0.371. The fourth-order valence-electron chi connectivity index (χ4n) is 3.72. The van der Waals surface area contributed by atoms with Gasteiger partial charge in [-0.15, -0.1) is 0 Å². The highest BCUT2D eigenvalue weighted by atomic mass is 16.5. The molecule has 0 spiro atoms. The maximum atomic E-state index is 6.11. The summed E-state index contributed by atoms with van der Waals surface area (Å²) < 4.78 is 6.11. The van der Waals surface area contributed by atoms with E-state index in [1.807, 2.05) is 25.1 Å². The lowest BCUT2D eigenvalue weighted by molar-refractivity contribution is 0.456. The molecule has 0 unspecified atom stereocenters. The molecule has 4 rings (SSSR count). The van der Waals surface area contributed by atoms with Gasteiger partial charge in [0.15, 0.2) is 5.75 Å². The first kappa shape index (κ1) is 17.6. The van der Waals surface area contributed by atoms with Gasteiger partial charge in [-0.3, -0.25) is 0 Å². The molecular formula is C24H26N2O. The van der Waals surface area contributed by atoms with Crippen LogP contribution in [-0.4, -0.2) is 4.98 Å². The van der Waals surface area contributed by atoms with Gasteiger partial charge in [0.1, 0.15) is 5.69 Å². The van der Waals surface area contributed by atoms with E-state index in [4.69, 9.17) is 4.74 Å². The average Bonchev–Trinajstić information content (AvgIpc) is 2.59. The Morgan fingerprint density at radius 1 is 0.852 bits per heavy atom. The molecule has 0 amide bonds. The van der Waals surface area contributed by atoms with Crippen LogP contribution in [0, 0.1) is 20.8 Å². The molecule has 0 radical (unpaired) electrons. The molecule has 3 heteroatoms. The Balaban J connectivity index is 1.97. The molecular weight excluding hydrogens is 332 g/mol. The van der Waals surface area contributed by atoms with Gasteiger partial charge < -0.3 is 9.64 Å². The van der Waals surface area contributed by atoms with Crippen LogP contribution in [0.4, 0.5) is 17.1 Å². The Labute approximate surface area is 161 Å². The number of aryl methyl sites for hydroxylation is 3. The smallest absolute Gasteiger partial charge is 0.244 e. The first-order chi connectivity index (χ1) is 12.8. The monoisotopic (exact) mass is 358 g/mol. The third-order valence-electron chi connectivity index (χ3n) is 5.11. The number of para-hydroxylation sites is 2. The molecule has 0 atom stereocenters. The van der Waals surface area contributed by atoms with Crippen molar-refractivity contribution in [2.75, 3.05) is 4.90 Å². The minimum atomic E-state index is 0.119. The van der Waals surface area contributed by atoms with E-state index in [1.54, 1.807) is 0 Å². The van der Waals surface area contributed by atoms with E-state index in [2.05, 4.69) is 74.8 Å². The summed E-state index contributed by atoms with van der Waals surface area (Å²) in [6.45, 7) is 13.1. The van der Waals surface area contributed by atoms with Crippen LogP contribution in [0.1, 0.15) is 43.2 Å². The van der Waals surface area contributed by atoms with E-state index < -0.39 is 0 Å². The Bertz CT molecular complexity index is 1010. The molecule has 138 valence electrons. The highest BCUT2D eigenvalue weighted by molar-refractivity contribution is 5.87. The van der Waals surface area contributed by atoms with Crippen molar-refractivity contribution in [2.45, 2.75) is 47.0 Å². The third-order valence-corrected chi connectivity index (χ3v) is 5.11. The molecule has 0 saturated carbocycles. The number of nitrogens with zero attached hydrogens (tertiary/aromatic N) is 2. The fourth-order valence-corrected chi connectivity index (χ4v) is 3.72. The normalized spacial score (nSPS) is 13.0. The van der Waals surface area contributed by atoms with Gasteiger partial charge in [-0.05, 0) is 67.1 Å². The van der Waals surface area contributed by atoms with Gasteiger partial charge in [-0.1, -0.05) is 45.0 Å². The number of aromatic nitrogens is 1. The van der Waals surface area contributed by atoms with Crippen LogP contribution < -0.4 is 9.64 Å². The predicted octanol–water partition coefficient (Wildman–Crippen LogP) is 6.88. The molecule has 2 aromatic carbocycles. The number of rotatable bonds is 1. The molecule has 3 aromatic rings. The van der Waals surface area contributed by atoms with Crippen molar-refractivity contribution >= 4 is 17.1 Å². The maximum absolute atomic E-state index is 6.11. The minimum Gasteiger partial charge on any atom is -0.435 e. The summed E-state index contributed by atoms with van der Waals surface area (Å²) in [7, 11) is 0. The van der Waals surface area contributed by atoms with Crippen LogP contribution in [-0.2, 0) is 5.41 Å². The van der Waals surface area contributed by atoms with Gasteiger partial charge in [0.05, 0.1) is 11.4 Å². The lowest BCUT2D eigenvalue weighted by Crippen LogP contribution is -2.20. The van der Waals surface area contributed by atoms with E-state index in [1.165, 1.54) is 22.4 Å². The Hall–Kier alpha value is -2.81. The molecule has 1 aromatic heterocycles. The lowest BCUT2D eigenvalue weighted by Gasteiger charge is -2.35. The summed E-state index contributed by atoms with van der Waals surface area (Å²) in [4.78, 5) is 6.93. The summed E-state index contributed by atoms with van der Waals surface area (Å²) in [5, 5.41) is 0. The zero-order chi connectivity index (χ0) is 19.3. The summed E-state index contributed by atoms with van der Waals surface area (Å²) in [5.74, 6) is 1.49. The summed E-state index contributed by atoms with van der Waals surface area (Å²) >= 11 is 0. The number of anilines is 3. The average molecular weight is 358 g/mol. The first-order valence-electron chi connectivity index (χ1n) is 9.42. The van der Waals surface area contributed by atoms with Gasteiger partial charge in [0.25, 0.3) is 0 Å². The third kappa shape index (κ3) is 2.97. The molecule has 0 aliphatic carbocycles. The van der Waals surface area contributed by atoms with E-state index in [0.717, 1.165) is 22.8 Å². The highest BCUT2D eigenvalue weighted by Crippen LogP contribution is 2.51. The van der Waals surface area contributed by atoms with Gasteiger partial charge in [0.2, 0.25) is 5.88 Å². The van der Waals surface area contributed by atoms with Crippen molar-refractivity contribution in [1.29, 1.82) is 0 Å². The molecule has 0 N–H and O–H groups in total. The largest absolute Gasteiger partial charge is 0.435 e. The standard InChI is InChI=1S/C24H26N2O/c1-15-13-18(24(4,5)6)14-16(2)22(15)26-19-9-7-8-10-21(19)27-23-20(26)12-11-17(3)25-23/h7-14H,1-6H3. The molecule has 1 aliphatic heterocycles. The summed E-state index contributed by atoms with van der Waals surface area (Å²) in [6.07, 6.45) is 0. The van der Waals surface area contributed by atoms with Gasteiger partial charge in [0, 0.05) is 5.69 Å². The molecule has 3 nitrogen and oxygen atoms in total. The van der Waals surface area contributed by atoms with Gasteiger partial charge >= 0.3 is 0 Å². The fraction of sp³-hybridized carbons (Fsp3) is 0.292. The number of pyridine rings is 1. The van der Waals surface area contributed by atoms with Crippen molar-refractivity contribution < 1.29 is 4.74 Å². The van der Waals surface area contributed by atoms with Crippen LogP contribution in [0.2, 0.25) is 0 Å². The molecule has 2 heterocycles. The highest BCUT2D eigenvalue weighted by Gasteiger charge is 2.29. The second-order valence-electron chi connectivity index (χ2n) is 8.39. The van der Waals surface area contributed by atoms with E-state index in [9.17, 15) is 0 Å². The summed E-state index contributed by atoms with van der Waals surface area (Å²) in [5.41, 5.74) is 8.15. The number of fused-ring (bicyclic) bond motifs is 2. The molecule has 1 aliphatic rings. The number of ether oxygens (including phenoxy) is 1. The second-order valence-corrected chi connectivity index (χ2v) is 8.39. The van der Waals surface area contributed by atoms with E-state index >= 15 is 0 Å². The Morgan fingerprint density at radius 3 is 2.19 bits per heavy atom. The van der Waals surface area contributed by atoms with E-state index in [0.29, 0.717) is 5.88 Å². The molecule has 27 heavy (non-hydrogen) atoms. The van der Waals surface area contributed by atoms with Crippen molar-refractivity contribution in [3.8, 4) is 11.6 Å². The van der Waals surface area contributed by atoms with Crippen LogP contribution in [0.3, 0.4) is 0 Å². The number of hydrogen-bond acceptors (Lipinski definition) is 3. The number of hydrogen-bond donors (Lipinski definition) is 0. The molecule has 0 fully saturated rings. The zero-order valence-electron chi connectivity index (χ0n) is 16.9. The van der Waals surface area contributed by atoms with Crippen molar-refractivity contribution in [1.82, 2.24) is 4.98 Å². The van der Waals surface area contributed by atoms with Gasteiger partial charge in [-0.25, -0.2) is 4.98 Å². The lowest BCUT2D eigenvalue weighted by atomic mass is 9.84. The Morgan fingerprint density at radius 2 is 1.52 bits per heavy atom. The first-order valence-corrected chi connectivity index (χ1v) is 9.42. The SMILES string of the molecule is Cc1ccc2c(n1)Oc1ccccc1N2c1c(C)cc(C(C)(C)C)cc1C. The van der Waals surface area contributed by atoms with Crippen molar-refractivity contribution in [3.63, 3.8) is 0 Å². The topological polar surface area (TPSA) is 25.4 Å². The summed E-state index contributed by atoms with van der Waals surface area (Å²) in [6, 6.07) is 16.9. The minimum absolute atomic E-state index is 0.119. The van der Waals surface area contributed by atoms with E-state index in [-0.39, 0.29) is 5.41 Å². The van der Waals surface area contributed by atoms with Crippen LogP contribution in [0.15, 0.2) is 48.5 Å². The second kappa shape index (κ2) is 6.12. The van der Waals surface area contributed by atoms with Gasteiger partial charge in [-0.2, -0.15) is 0 Å².